The van der Waals surface area contributed by atoms with Crippen molar-refractivity contribution in [2.45, 2.75) is 70.4 Å². The molecule has 9 nitrogen and oxygen atoms in total. The number of carbonyl (C=O) groups is 3. The first-order valence-electron chi connectivity index (χ1n) is 10.4. The lowest BCUT2D eigenvalue weighted by atomic mass is 9.68. The van der Waals surface area contributed by atoms with Crippen LogP contribution in [0.3, 0.4) is 0 Å². The van der Waals surface area contributed by atoms with Crippen LogP contribution in [0.15, 0.2) is 6.07 Å². The number of rotatable bonds is 6. The van der Waals surface area contributed by atoms with Crippen molar-refractivity contribution in [1.82, 2.24) is 15.5 Å². The number of hydrogen-bond acceptors (Lipinski definition) is 5. The Kier molecular flexibility index (Phi) is 5.00. The number of fused-ring (bicyclic) bond motifs is 1. The van der Waals surface area contributed by atoms with Gasteiger partial charge in [0.15, 0.2) is 5.82 Å². The van der Waals surface area contributed by atoms with Crippen molar-refractivity contribution in [3.8, 4) is 0 Å². The van der Waals surface area contributed by atoms with Gasteiger partial charge in [-0.3, -0.25) is 14.7 Å². The van der Waals surface area contributed by atoms with Crippen molar-refractivity contribution in [3.05, 3.63) is 11.8 Å². The number of hydrogen-bond donors (Lipinski definition) is 4. The Labute approximate surface area is 169 Å². The molecule has 1 heterocycles. The summed E-state index contributed by atoms with van der Waals surface area (Å²) in [5.74, 6) is 0.391. The Balaban J connectivity index is 1.30. The third-order valence-corrected chi connectivity index (χ3v) is 6.68. The molecule has 0 saturated heterocycles. The first kappa shape index (κ1) is 19.7. The summed E-state index contributed by atoms with van der Waals surface area (Å²) < 4.78 is 5.47. The molecule has 0 spiro atoms. The van der Waals surface area contributed by atoms with Gasteiger partial charge < -0.3 is 21.1 Å². The van der Waals surface area contributed by atoms with E-state index in [1.54, 1.807) is 0 Å². The average Bonchev–Trinajstić information content (AvgIpc) is 3.35. The molecule has 4 aliphatic carbocycles. The van der Waals surface area contributed by atoms with Gasteiger partial charge in [-0.2, -0.15) is 5.10 Å². The molecule has 0 aromatic carbocycles. The normalized spacial score (nSPS) is 32.7. The Morgan fingerprint density at radius 3 is 2.69 bits per heavy atom. The van der Waals surface area contributed by atoms with Gasteiger partial charge >= 0.3 is 6.09 Å². The quantitative estimate of drug-likeness (QED) is 0.575. The van der Waals surface area contributed by atoms with E-state index in [2.05, 4.69) is 20.8 Å². The third-order valence-electron chi connectivity index (χ3n) is 6.68. The second-order valence-corrected chi connectivity index (χ2v) is 9.16. The highest BCUT2D eigenvalue weighted by molar-refractivity contribution is 5.97. The Morgan fingerprint density at radius 2 is 2.03 bits per heavy atom. The molecule has 5 rings (SSSR count). The minimum atomic E-state index is -0.473. The van der Waals surface area contributed by atoms with Crippen LogP contribution in [-0.4, -0.2) is 40.3 Å². The van der Waals surface area contributed by atoms with Crippen molar-refractivity contribution in [1.29, 1.82) is 0 Å². The maximum Gasteiger partial charge on any atom is 0.407 e. The van der Waals surface area contributed by atoms with E-state index < -0.39 is 5.41 Å². The SMILES string of the molecule is CC(C)NC(=O)O[C@@H]1CC[C@H](c2cc(NC(=O)C34CC(C3)C(C(N)=O)C4)n[nH]2)C1. The maximum atomic E-state index is 12.8. The molecule has 4 aliphatic rings. The molecule has 29 heavy (non-hydrogen) atoms. The second kappa shape index (κ2) is 7.35. The Bertz CT molecular complexity index is 814. The number of aromatic nitrogens is 2. The summed E-state index contributed by atoms with van der Waals surface area (Å²) in [5, 5.41) is 12.9. The van der Waals surface area contributed by atoms with E-state index in [-0.39, 0.29) is 47.8 Å². The summed E-state index contributed by atoms with van der Waals surface area (Å²) in [7, 11) is 0. The summed E-state index contributed by atoms with van der Waals surface area (Å²) >= 11 is 0. The lowest BCUT2D eigenvalue weighted by Crippen LogP contribution is -2.40. The molecule has 4 fully saturated rings. The van der Waals surface area contributed by atoms with Gasteiger partial charge in [0.1, 0.15) is 6.10 Å². The zero-order valence-electron chi connectivity index (χ0n) is 16.9. The third kappa shape index (κ3) is 3.82. The predicted molar refractivity (Wildman–Crippen MR) is 105 cm³/mol. The first-order valence-corrected chi connectivity index (χ1v) is 10.4. The predicted octanol–water partition coefficient (Wildman–Crippen LogP) is 2.02. The van der Waals surface area contributed by atoms with Crippen LogP contribution < -0.4 is 16.4 Å². The smallest absolute Gasteiger partial charge is 0.407 e. The van der Waals surface area contributed by atoms with Crippen LogP contribution in [0.25, 0.3) is 0 Å². The maximum absolute atomic E-state index is 12.8. The fourth-order valence-corrected chi connectivity index (χ4v) is 5.20. The molecule has 158 valence electrons. The van der Waals surface area contributed by atoms with Gasteiger partial charge in [-0.25, -0.2) is 4.79 Å². The number of nitrogens with one attached hydrogen (secondary N) is 3. The highest BCUT2D eigenvalue weighted by atomic mass is 16.6. The van der Waals surface area contributed by atoms with E-state index in [0.717, 1.165) is 37.8 Å². The largest absolute Gasteiger partial charge is 0.446 e. The lowest BCUT2D eigenvalue weighted by molar-refractivity contribution is -0.129. The zero-order valence-corrected chi connectivity index (χ0v) is 16.9. The van der Waals surface area contributed by atoms with Crippen LogP contribution in [0.5, 0.6) is 0 Å². The summed E-state index contributed by atoms with van der Waals surface area (Å²) in [5.41, 5.74) is 5.90. The fraction of sp³-hybridized carbons (Fsp3) is 0.700. The molecule has 1 aromatic rings. The first-order chi connectivity index (χ1) is 13.8. The number of carbonyl (C=O) groups excluding carboxylic acids is 3. The number of anilines is 1. The van der Waals surface area contributed by atoms with Gasteiger partial charge in [-0.05, 0) is 58.3 Å². The monoisotopic (exact) mass is 403 g/mol. The van der Waals surface area contributed by atoms with E-state index in [1.807, 2.05) is 19.9 Å². The molecule has 3 atom stereocenters. The van der Waals surface area contributed by atoms with E-state index in [1.165, 1.54) is 0 Å². The fourth-order valence-electron chi connectivity index (χ4n) is 5.20. The van der Waals surface area contributed by atoms with E-state index in [9.17, 15) is 14.4 Å². The Morgan fingerprint density at radius 1 is 1.28 bits per heavy atom. The number of nitrogens with zero attached hydrogens (tertiary/aromatic N) is 1. The van der Waals surface area contributed by atoms with E-state index >= 15 is 0 Å². The molecule has 1 unspecified atom stereocenters. The molecular formula is C20H29N5O4. The van der Waals surface area contributed by atoms with Gasteiger partial charge in [0.05, 0.1) is 5.41 Å². The number of H-pyrrole nitrogens is 1. The summed E-state index contributed by atoms with van der Waals surface area (Å²) in [6.07, 6.45) is 3.91. The Hall–Kier alpha value is -2.58. The molecular weight excluding hydrogens is 374 g/mol. The van der Waals surface area contributed by atoms with E-state index in [0.29, 0.717) is 12.2 Å². The van der Waals surface area contributed by atoms with Crippen LogP contribution in [0.2, 0.25) is 0 Å². The molecule has 1 aromatic heterocycles. The van der Waals surface area contributed by atoms with Crippen molar-refractivity contribution in [2.24, 2.45) is 23.0 Å². The number of ether oxygens (including phenoxy) is 1. The number of aromatic amines is 1. The lowest BCUT2D eigenvalue weighted by Gasteiger charge is -2.36. The van der Waals surface area contributed by atoms with Crippen molar-refractivity contribution in [2.75, 3.05) is 5.32 Å². The molecule has 0 aliphatic heterocycles. The molecule has 3 amide bonds. The van der Waals surface area contributed by atoms with Gasteiger partial charge in [-0.15, -0.1) is 0 Å². The van der Waals surface area contributed by atoms with Crippen molar-refractivity contribution < 1.29 is 19.1 Å². The minimum absolute atomic E-state index is 0.0435. The molecule has 4 saturated carbocycles. The minimum Gasteiger partial charge on any atom is -0.446 e. The molecule has 5 N–H and O–H groups in total. The molecule has 2 bridgehead atoms. The van der Waals surface area contributed by atoms with Crippen LogP contribution in [-0.2, 0) is 14.3 Å². The van der Waals surface area contributed by atoms with Gasteiger partial charge in [0.2, 0.25) is 11.8 Å². The van der Waals surface area contributed by atoms with Crippen LogP contribution >= 0.6 is 0 Å². The average molecular weight is 403 g/mol. The highest BCUT2D eigenvalue weighted by Crippen LogP contribution is 2.62. The van der Waals surface area contributed by atoms with Crippen LogP contribution in [0.4, 0.5) is 10.6 Å². The standard InChI is InChI=1S/C20H29N5O4/c1-10(2)22-19(28)29-13-4-3-11(5-13)15-6-16(25-24-15)23-18(27)20-7-12(8-20)14(9-20)17(21)26/h6,10-14H,3-5,7-9H2,1-2H3,(H2,21,26)(H,22,28)(H2,23,24,25,27)/t11-,12?,13+,14?,20?/m0/s1. The number of primary amides is 1. The number of amides is 3. The van der Waals surface area contributed by atoms with Crippen LogP contribution in [0.1, 0.15) is 64.0 Å². The molecule has 9 heteroatoms. The van der Waals surface area contributed by atoms with Crippen LogP contribution in [0, 0.1) is 17.3 Å². The topological polar surface area (TPSA) is 139 Å². The van der Waals surface area contributed by atoms with Crippen molar-refractivity contribution in [3.63, 3.8) is 0 Å². The second-order valence-electron chi connectivity index (χ2n) is 9.16. The van der Waals surface area contributed by atoms with Gasteiger partial charge in [0, 0.05) is 29.6 Å². The number of nitrogens with two attached hydrogens (primary N) is 1. The van der Waals surface area contributed by atoms with Gasteiger partial charge in [-0.1, -0.05) is 0 Å². The highest BCUT2D eigenvalue weighted by Gasteiger charge is 2.61. The summed E-state index contributed by atoms with van der Waals surface area (Å²) in [4.78, 5) is 36.0. The van der Waals surface area contributed by atoms with Gasteiger partial charge in [0.25, 0.3) is 0 Å². The van der Waals surface area contributed by atoms with E-state index in [4.69, 9.17) is 10.5 Å². The summed E-state index contributed by atoms with van der Waals surface area (Å²) in [6, 6.07) is 1.90. The summed E-state index contributed by atoms with van der Waals surface area (Å²) in [6.45, 7) is 3.78. The van der Waals surface area contributed by atoms with Crippen molar-refractivity contribution >= 4 is 23.7 Å². The molecule has 0 radical (unpaired) electrons. The number of alkyl carbamates (subject to hydrolysis) is 1. The zero-order chi connectivity index (χ0) is 20.8.